The first-order valence-electron chi connectivity index (χ1n) is 7.37. The highest BCUT2D eigenvalue weighted by Gasteiger charge is 2.52. The number of carbonyl (C=O) groups is 2. The first-order chi connectivity index (χ1) is 10.6. The predicted molar refractivity (Wildman–Crippen MR) is 74.7 cm³/mol. The van der Waals surface area contributed by atoms with Crippen LogP contribution in [0.5, 0.6) is 5.75 Å². The molecular weight excluding hydrogens is 286 g/mol. The standard InChI is InChI=1S/C16H19NO5/c1-21-10-4-2-9(3-5-10)8-17-15(18)13-11-6-7-12(22-11)14(13)16(19)20/h2-5,11-14H,6-8H2,1H3,(H,17,18)(H,19,20)/p-1/t11-,12+,13+,14+/m1/s1. The summed E-state index contributed by atoms with van der Waals surface area (Å²) in [6.45, 7) is 0.344. The number of benzene rings is 1. The van der Waals surface area contributed by atoms with Crippen LogP contribution in [0, 0.1) is 11.8 Å². The number of aliphatic carboxylic acids is 1. The summed E-state index contributed by atoms with van der Waals surface area (Å²) in [7, 11) is 1.59. The van der Waals surface area contributed by atoms with Gasteiger partial charge < -0.3 is 24.7 Å². The Hall–Kier alpha value is -2.08. The molecule has 1 N–H and O–H groups in total. The molecule has 118 valence electrons. The van der Waals surface area contributed by atoms with Crippen LogP contribution in [-0.2, 0) is 20.9 Å². The number of hydrogen-bond donors (Lipinski definition) is 1. The van der Waals surface area contributed by atoms with Gasteiger partial charge in [0.05, 0.1) is 25.2 Å². The quantitative estimate of drug-likeness (QED) is 0.818. The van der Waals surface area contributed by atoms with E-state index in [2.05, 4.69) is 5.32 Å². The third-order valence-electron chi connectivity index (χ3n) is 4.47. The Morgan fingerprint density at radius 1 is 1.23 bits per heavy atom. The molecule has 2 aliphatic heterocycles. The van der Waals surface area contributed by atoms with Crippen LogP contribution in [0.2, 0.25) is 0 Å². The van der Waals surface area contributed by atoms with E-state index in [0.29, 0.717) is 13.0 Å². The summed E-state index contributed by atoms with van der Waals surface area (Å²) in [6.07, 6.45) is 0.733. The lowest BCUT2D eigenvalue weighted by molar-refractivity contribution is -0.314. The van der Waals surface area contributed by atoms with Crippen LogP contribution in [0.1, 0.15) is 18.4 Å². The molecule has 0 unspecified atom stereocenters. The van der Waals surface area contributed by atoms with Crippen LogP contribution in [-0.4, -0.2) is 31.2 Å². The summed E-state index contributed by atoms with van der Waals surface area (Å²) in [5, 5.41) is 14.1. The average molecular weight is 304 g/mol. The van der Waals surface area contributed by atoms with Crippen LogP contribution in [0.3, 0.4) is 0 Å². The Bertz CT molecular complexity index is 570. The number of carbonyl (C=O) groups excluding carboxylic acids is 2. The fraction of sp³-hybridized carbons (Fsp3) is 0.500. The third-order valence-corrected chi connectivity index (χ3v) is 4.47. The van der Waals surface area contributed by atoms with Crippen LogP contribution >= 0.6 is 0 Å². The molecule has 4 atom stereocenters. The first kappa shape index (κ1) is 14.8. The Morgan fingerprint density at radius 2 is 1.86 bits per heavy atom. The lowest BCUT2D eigenvalue weighted by atomic mass is 9.78. The Kier molecular flexibility index (Phi) is 4.02. The molecule has 0 saturated carbocycles. The molecule has 6 heteroatoms. The van der Waals surface area contributed by atoms with Crippen LogP contribution in [0.25, 0.3) is 0 Å². The minimum atomic E-state index is -1.20. The van der Waals surface area contributed by atoms with Gasteiger partial charge in [0, 0.05) is 18.4 Å². The fourth-order valence-corrected chi connectivity index (χ4v) is 3.36. The largest absolute Gasteiger partial charge is 0.550 e. The van der Waals surface area contributed by atoms with Crippen molar-refractivity contribution in [2.24, 2.45) is 11.8 Å². The van der Waals surface area contributed by atoms with Gasteiger partial charge in [0.1, 0.15) is 5.75 Å². The van der Waals surface area contributed by atoms with E-state index in [-0.39, 0.29) is 18.1 Å². The molecule has 22 heavy (non-hydrogen) atoms. The molecule has 2 fully saturated rings. The molecule has 0 aromatic heterocycles. The van der Waals surface area contributed by atoms with Crippen molar-refractivity contribution >= 4 is 11.9 Å². The smallest absolute Gasteiger partial charge is 0.226 e. The lowest BCUT2D eigenvalue weighted by Crippen LogP contribution is -2.48. The Balaban J connectivity index is 1.62. The summed E-state index contributed by atoms with van der Waals surface area (Å²) in [5.41, 5.74) is 0.920. The molecule has 2 saturated heterocycles. The van der Waals surface area contributed by atoms with Gasteiger partial charge in [-0.25, -0.2) is 0 Å². The first-order valence-corrected chi connectivity index (χ1v) is 7.37. The Labute approximate surface area is 128 Å². The normalized spacial score (nSPS) is 29.3. The maximum Gasteiger partial charge on any atom is 0.226 e. The van der Waals surface area contributed by atoms with E-state index < -0.39 is 17.8 Å². The Morgan fingerprint density at radius 3 is 2.45 bits per heavy atom. The van der Waals surface area contributed by atoms with Crippen LogP contribution in [0.15, 0.2) is 24.3 Å². The number of fused-ring (bicyclic) bond motifs is 2. The monoisotopic (exact) mass is 304 g/mol. The van der Waals surface area contributed by atoms with E-state index in [1.807, 2.05) is 24.3 Å². The number of amides is 1. The number of carboxylic acids is 1. The minimum Gasteiger partial charge on any atom is -0.550 e. The lowest BCUT2D eigenvalue weighted by Gasteiger charge is -2.27. The van der Waals surface area contributed by atoms with E-state index in [1.54, 1.807) is 7.11 Å². The van der Waals surface area contributed by atoms with Gasteiger partial charge in [-0.15, -0.1) is 0 Å². The maximum atomic E-state index is 12.3. The van der Waals surface area contributed by atoms with Crippen LogP contribution in [0.4, 0.5) is 0 Å². The van der Waals surface area contributed by atoms with Gasteiger partial charge in [-0.3, -0.25) is 4.79 Å². The topological polar surface area (TPSA) is 87.7 Å². The molecule has 2 bridgehead atoms. The highest BCUT2D eigenvalue weighted by atomic mass is 16.5. The van der Waals surface area contributed by atoms with E-state index in [1.165, 1.54) is 0 Å². The van der Waals surface area contributed by atoms with Crippen molar-refractivity contribution < 1.29 is 24.2 Å². The second-order valence-electron chi connectivity index (χ2n) is 5.73. The predicted octanol–water partition coefficient (Wildman–Crippen LogP) is -0.145. The molecule has 6 nitrogen and oxygen atoms in total. The molecule has 3 rings (SSSR count). The zero-order valence-corrected chi connectivity index (χ0v) is 12.3. The number of rotatable bonds is 5. The summed E-state index contributed by atoms with van der Waals surface area (Å²) in [6, 6.07) is 7.33. The molecule has 1 amide bonds. The van der Waals surface area contributed by atoms with Gasteiger partial charge in [-0.2, -0.15) is 0 Å². The maximum absolute atomic E-state index is 12.3. The molecule has 1 aromatic carbocycles. The van der Waals surface area contributed by atoms with E-state index in [9.17, 15) is 14.7 Å². The highest BCUT2D eigenvalue weighted by molar-refractivity contribution is 5.86. The van der Waals surface area contributed by atoms with Crippen molar-refractivity contribution in [2.75, 3.05) is 7.11 Å². The van der Waals surface area contributed by atoms with Gasteiger partial charge in [0.15, 0.2) is 0 Å². The summed E-state index contributed by atoms with van der Waals surface area (Å²) in [4.78, 5) is 23.6. The molecular formula is C16H18NO5-. The van der Waals surface area contributed by atoms with Crippen molar-refractivity contribution in [3.63, 3.8) is 0 Å². The zero-order chi connectivity index (χ0) is 15.7. The summed E-state index contributed by atoms with van der Waals surface area (Å²) < 4.78 is 10.6. The molecule has 0 spiro atoms. The summed E-state index contributed by atoms with van der Waals surface area (Å²) in [5.74, 6) is -2.22. The molecule has 2 aliphatic rings. The number of carboxylic acid groups (broad SMARTS) is 1. The zero-order valence-electron chi connectivity index (χ0n) is 12.3. The average Bonchev–Trinajstić information content (AvgIpc) is 3.14. The number of ether oxygens (including phenoxy) is 2. The minimum absolute atomic E-state index is 0.280. The van der Waals surface area contributed by atoms with E-state index >= 15 is 0 Å². The van der Waals surface area contributed by atoms with E-state index in [0.717, 1.165) is 17.7 Å². The molecule has 0 radical (unpaired) electrons. The molecule has 2 heterocycles. The van der Waals surface area contributed by atoms with Crippen molar-refractivity contribution in [1.82, 2.24) is 5.32 Å². The van der Waals surface area contributed by atoms with Crippen molar-refractivity contribution in [3.05, 3.63) is 29.8 Å². The van der Waals surface area contributed by atoms with Gasteiger partial charge in [0.25, 0.3) is 0 Å². The second-order valence-corrected chi connectivity index (χ2v) is 5.73. The fourth-order valence-electron chi connectivity index (χ4n) is 3.36. The van der Waals surface area contributed by atoms with Gasteiger partial charge >= 0.3 is 0 Å². The number of hydrogen-bond acceptors (Lipinski definition) is 5. The SMILES string of the molecule is COc1ccc(CNC(=O)[C@@H]2[C@@H](C(=O)[O-])[C@@H]3CC[C@H]2O3)cc1. The number of nitrogens with one attached hydrogen (secondary N) is 1. The second kappa shape index (κ2) is 5.96. The van der Waals surface area contributed by atoms with Crippen LogP contribution < -0.4 is 15.2 Å². The highest BCUT2D eigenvalue weighted by Crippen LogP contribution is 2.43. The van der Waals surface area contributed by atoms with Gasteiger partial charge in [-0.05, 0) is 30.5 Å². The van der Waals surface area contributed by atoms with E-state index in [4.69, 9.17) is 9.47 Å². The summed E-state index contributed by atoms with van der Waals surface area (Å²) >= 11 is 0. The van der Waals surface area contributed by atoms with Crippen molar-refractivity contribution in [1.29, 1.82) is 0 Å². The third kappa shape index (κ3) is 2.66. The number of methoxy groups -OCH3 is 1. The van der Waals surface area contributed by atoms with Crippen molar-refractivity contribution in [3.8, 4) is 5.75 Å². The van der Waals surface area contributed by atoms with Gasteiger partial charge in [0.2, 0.25) is 5.91 Å². The van der Waals surface area contributed by atoms with Crippen molar-refractivity contribution in [2.45, 2.75) is 31.6 Å². The molecule has 1 aromatic rings. The van der Waals surface area contributed by atoms with Gasteiger partial charge in [-0.1, -0.05) is 12.1 Å². The molecule has 0 aliphatic carbocycles.